The third-order valence-electron chi connectivity index (χ3n) is 9.20. The third kappa shape index (κ3) is 5.69. The largest absolute Gasteiger partial charge is 0.453 e. The van der Waals surface area contributed by atoms with Gasteiger partial charge in [0, 0.05) is 30.2 Å². The van der Waals surface area contributed by atoms with Crippen LogP contribution in [-0.4, -0.2) is 81.3 Å². The van der Waals surface area contributed by atoms with Gasteiger partial charge in [-0.15, -0.1) is 0 Å². The number of imidazole rings is 2. The lowest BCUT2D eigenvalue weighted by Crippen LogP contribution is -2.54. The first kappa shape index (κ1) is 29.9. The van der Waals surface area contributed by atoms with E-state index in [4.69, 9.17) is 19.4 Å². The molecule has 12 heteroatoms. The molecule has 0 aliphatic carbocycles. The number of ether oxygens (including phenoxy) is 2. The predicted octanol–water partition coefficient (Wildman–Crippen LogP) is 5.02. The fourth-order valence-electron chi connectivity index (χ4n) is 6.57. The molecule has 5 heterocycles. The number of aromatic amines is 2. The first-order valence-electron chi connectivity index (χ1n) is 15.8. The minimum atomic E-state index is -0.879. The molecule has 4 atom stereocenters. The molecule has 3 aromatic heterocycles. The number of nitrogens with zero attached hydrogens (tertiary/aromatic N) is 4. The van der Waals surface area contributed by atoms with Crippen molar-refractivity contribution in [3.05, 3.63) is 66.4 Å². The fourth-order valence-corrected chi connectivity index (χ4v) is 6.57. The van der Waals surface area contributed by atoms with Crippen LogP contribution in [0.1, 0.15) is 56.3 Å². The van der Waals surface area contributed by atoms with E-state index in [1.165, 1.54) is 20.6 Å². The third-order valence-corrected chi connectivity index (χ3v) is 9.20. The number of amides is 2. The molecule has 12 nitrogen and oxygen atoms in total. The van der Waals surface area contributed by atoms with E-state index in [9.17, 15) is 9.59 Å². The van der Waals surface area contributed by atoms with E-state index >= 15 is 0 Å². The predicted molar refractivity (Wildman–Crippen MR) is 174 cm³/mol. The van der Waals surface area contributed by atoms with Gasteiger partial charge in [0.05, 0.1) is 59.4 Å². The number of fused-ring (bicyclic) bond motifs is 2. The van der Waals surface area contributed by atoms with Gasteiger partial charge in [0.2, 0.25) is 5.91 Å². The van der Waals surface area contributed by atoms with Crippen LogP contribution in [0.3, 0.4) is 0 Å². The highest BCUT2D eigenvalue weighted by molar-refractivity contribution is 5.88. The highest BCUT2D eigenvalue weighted by Crippen LogP contribution is 2.34. The summed E-state index contributed by atoms with van der Waals surface area (Å²) in [7, 11) is 2.78. The molecular formula is C34H38N8O4. The van der Waals surface area contributed by atoms with Crippen LogP contribution in [0.15, 0.2) is 54.7 Å². The van der Waals surface area contributed by atoms with Crippen LogP contribution in [0, 0.1) is 0 Å². The Hall–Kier alpha value is -4.81. The lowest BCUT2D eigenvalue weighted by atomic mass is 10.1. The smallest absolute Gasteiger partial charge is 0.407 e. The quantitative estimate of drug-likeness (QED) is 0.189. The molecular weight excluding hydrogens is 584 g/mol. The highest BCUT2D eigenvalue weighted by atomic mass is 16.5. The number of hydrogen-bond donors (Lipinski definition) is 4. The number of aromatic nitrogens is 5. The second-order valence-corrected chi connectivity index (χ2v) is 12.0. The van der Waals surface area contributed by atoms with Crippen LogP contribution in [0.5, 0.6) is 0 Å². The number of hydrogen-bond acceptors (Lipinski definition) is 8. The minimum absolute atomic E-state index is 0.231. The SMILES string of the molecule is COC(=O)N[C@H](C(=O)N1CCC[C@H]1c1nc2ccc(-c3ccc4cc(-c5cnc([C@@H]6CCCN6)[nH]5)ccc4n3)cc2[nH]1)[C@@H](C)OC. The van der Waals surface area contributed by atoms with Crippen LogP contribution >= 0.6 is 0 Å². The van der Waals surface area contributed by atoms with Crippen molar-refractivity contribution in [1.82, 2.24) is 40.5 Å². The zero-order valence-corrected chi connectivity index (χ0v) is 26.2. The standard InChI is InChI=1S/C34H38N8O4/c1-19(45-2)30(41-34(44)46-3)33(43)42-15-5-7-29(42)32-38-25-13-10-22(17-27(25)39-32)24-11-8-20-16-21(9-12-23(20)37-24)28-18-36-31(40-28)26-6-4-14-35-26/h8-13,16-19,26,29-30,35H,4-7,14-15H2,1-3H3,(H,36,40)(H,38,39)(H,41,44)/t19-,26+,29+,30+/m1/s1. The highest BCUT2D eigenvalue weighted by Gasteiger charge is 2.38. The van der Waals surface area contributed by atoms with Gasteiger partial charge in [-0.2, -0.15) is 0 Å². The zero-order valence-electron chi connectivity index (χ0n) is 26.2. The van der Waals surface area contributed by atoms with E-state index in [0.29, 0.717) is 18.4 Å². The average Bonchev–Trinajstić information content (AvgIpc) is 3.91. The summed E-state index contributed by atoms with van der Waals surface area (Å²) in [4.78, 5) is 48.8. The van der Waals surface area contributed by atoms with E-state index in [0.717, 1.165) is 76.1 Å². The Morgan fingerprint density at radius 2 is 1.80 bits per heavy atom. The van der Waals surface area contributed by atoms with Crippen LogP contribution in [0.25, 0.3) is 44.5 Å². The Bertz CT molecular complexity index is 1890. The number of H-pyrrole nitrogens is 2. The zero-order chi connectivity index (χ0) is 31.8. The molecule has 2 aromatic carbocycles. The molecule has 2 aliphatic rings. The van der Waals surface area contributed by atoms with Crippen molar-refractivity contribution in [2.45, 2.75) is 56.8 Å². The number of benzene rings is 2. The van der Waals surface area contributed by atoms with Gasteiger partial charge in [-0.1, -0.05) is 18.2 Å². The number of rotatable bonds is 8. The average molecular weight is 623 g/mol. The van der Waals surface area contributed by atoms with Crippen LogP contribution in [0.4, 0.5) is 4.79 Å². The molecule has 0 bridgehead atoms. The van der Waals surface area contributed by atoms with Crippen molar-refractivity contribution < 1.29 is 19.1 Å². The van der Waals surface area contributed by atoms with Gasteiger partial charge in [-0.25, -0.2) is 19.7 Å². The van der Waals surface area contributed by atoms with Crippen LogP contribution in [-0.2, 0) is 14.3 Å². The van der Waals surface area contributed by atoms with Crippen molar-refractivity contribution in [3.8, 4) is 22.5 Å². The summed E-state index contributed by atoms with van der Waals surface area (Å²) in [5.41, 5.74) is 6.48. The van der Waals surface area contributed by atoms with Gasteiger partial charge in [0.15, 0.2) is 0 Å². The number of alkyl carbamates (subject to hydrolysis) is 1. The van der Waals surface area contributed by atoms with Gasteiger partial charge in [-0.3, -0.25) is 4.79 Å². The summed E-state index contributed by atoms with van der Waals surface area (Å²) >= 11 is 0. The van der Waals surface area contributed by atoms with E-state index < -0.39 is 18.2 Å². The minimum Gasteiger partial charge on any atom is -0.453 e. The molecule has 0 saturated carbocycles. The maximum Gasteiger partial charge on any atom is 0.407 e. The molecule has 2 aliphatic heterocycles. The molecule has 2 fully saturated rings. The Labute approximate surface area is 266 Å². The molecule has 0 spiro atoms. The molecule has 238 valence electrons. The lowest BCUT2D eigenvalue weighted by Gasteiger charge is -2.30. The Balaban J connectivity index is 1.11. The van der Waals surface area contributed by atoms with Crippen molar-refractivity contribution in [1.29, 1.82) is 0 Å². The maximum atomic E-state index is 13.6. The molecule has 4 N–H and O–H groups in total. The molecule has 5 aromatic rings. The van der Waals surface area contributed by atoms with Gasteiger partial charge in [0.25, 0.3) is 0 Å². The molecule has 0 unspecified atom stereocenters. The van der Waals surface area contributed by atoms with Crippen LogP contribution < -0.4 is 10.6 Å². The first-order valence-corrected chi connectivity index (χ1v) is 15.8. The summed E-state index contributed by atoms with van der Waals surface area (Å²) in [6, 6.07) is 15.6. The number of carbonyl (C=O) groups excluding carboxylic acids is 2. The molecule has 46 heavy (non-hydrogen) atoms. The molecule has 0 radical (unpaired) electrons. The Morgan fingerprint density at radius 1 is 0.957 bits per heavy atom. The number of likely N-dealkylation sites (tertiary alicyclic amines) is 1. The van der Waals surface area contributed by atoms with E-state index in [1.807, 2.05) is 36.5 Å². The van der Waals surface area contributed by atoms with Gasteiger partial charge in [-0.05, 0) is 69.5 Å². The van der Waals surface area contributed by atoms with E-state index in [1.54, 1.807) is 11.8 Å². The molecule has 7 rings (SSSR count). The maximum absolute atomic E-state index is 13.6. The monoisotopic (exact) mass is 622 g/mol. The van der Waals surface area contributed by atoms with Crippen molar-refractivity contribution in [2.75, 3.05) is 27.3 Å². The Kier molecular flexibility index (Phi) is 8.14. The summed E-state index contributed by atoms with van der Waals surface area (Å²) in [5, 5.41) is 7.18. The second kappa shape index (κ2) is 12.5. The Morgan fingerprint density at radius 3 is 2.61 bits per heavy atom. The lowest BCUT2D eigenvalue weighted by molar-refractivity contribution is -0.137. The summed E-state index contributed by atoms with van der Waals surface area (Å²) in [5.74, 6) is 1.47. The van der Waals surface area contributed by atoms with Crippen molar-refractivity contribution in [3.63, 3.8) is 0 Å². The van der Waals surface area contributed by atoms with Gasteiger partial charge in [0.1, 0.15) is 17.7 Å². The number of carbonyl (C=O) groups is 2. The fraction of sp³-hybridized carbons (Fsp3) is 0.382. The summed E-state index contributed by atoms with van der Waals surface area (Å²) in [6.07, 6.45) is 4.55. The van der Waals surface area contributed by atoms with Crippen LogP contribution in [0.2, 0.25) is 0 Å². The normalized spacial score (nSPS) is 19.5. The summed E-state index contributed by atoms with van der Waals surface area (Å²) < 4.78 is 10.1. The molecule has 2 amide bonds. The van der Waals surface area contributed by atoms with Crippen molar-refractivity contribution >= 4 is 33.9 Å². The molecule has 2 saturated heterocycles. The number of pyridine rings is 1. The van der Waals surface area contributed by atoms with Gasteiger partial charge >= 0.3 is 6.09 Å². The first-order chi connectivity index (χ1) is 22.4. The topological polar surface area (TPSA) is 150 Å². The van der Waals surface area contributed by atoms with E-state index in [-0.39, 0.29) is 11.9 Å². The number of nitrogens with one attached hydrogen (secondary N) is 4. The van der Waals surface area contributed by atoms with Crippen molar-refractivity contribution in [2.24, 2.45) is 0 Å². The second-order valence-electron chi connectivity index (χ2n) is 12.0. The number of methoxy groups -OCH3 is 2. The van der Waals surface area contributed by atoms with E-state index in [2.05, 4.69) is 43.8 Å². The van der Waals surface area contributed by atoms with Gasteiger partial charge < -0.3 is 35.0 Å². The summed E-state index contributed by atoms with van der Waals surface area (Å²) in [6.45, 7) is 3.34.